The third-order valence-corrected chi connectivity index (χ3v) is 3.95. The maximum absolute atomic E-state index is 14.2. The molecule has 1 aromatic heterocycles. The van der Waals surface area contributed by atoms with Crippen molar-refractivity contribution in [2.45, 2.75) is 25.8 Å². The Labute approximate surface area is 121 Å². The SMILES string of the molecule is Nc1ccc(-c2cnn(CC3CCC3)c2)c(F)c1[NH2+][O-].O. The van der Waals surface area contributed by atoms with Crippen LogP contribution in [0.5, 0.6) is 0 Å². The highest BCUT2D eigenvalue weighted by Gasteiger charge is 2.19. The Bertz CT molecular complexity index is 625. The largest absolute Gasteiger partial charge is 0.630 e. The van der Waals surface area contributed by atoms with E-state index in [2.05, 4.69) is 5.10 Å². The van der Waals surface area contributed by atoms with Gasteiger partial charge in [0.2, 0.25) is 0 Å². The molecular formula is C14H19FN4O2. The zero-order valence-corrected chi connectivity index (χ0v) is 11.6. The standard InChI is InChI=1S/C14H17FN4O.H2O/c15-13-11(4-5-12(16)14(13)18-20)10-6-17-19(8-10)7-9-2-1-3-9;/h4-6,8-9H,1-3,7,16,18H2;1H2. The Morgan fingerprint density at radius 3 is 2.81 bits per heavy atom. The lowest BCUT2D eigenvalue weighted by molar-refractivity contribution is -0.498. The number of hydrogen-bond donors (Lipinski definition) is 2. The van der Waals surface area contributed by atoms with Crippen LogP contribution in [0.1, 0.15) is 19.3 Å². The van der Waals surface area contributed by atoms with E-state index in [9.17, 15) is 9.60 Å². The zero-order chi connectivity index (χ0) is 14.1. The van der Waals surface area contributed by atoms with Crippen LogP contribution in [0, 0.1) is 16.9 Å². The maximum Gasteiger partial charge on any atom is 0.194 e. The summed E-state index contributed by atoms with van der Waals surface area (Å²) >= 11 is 0. The number of nitrogen functional groups attached to an aromatic ring is 1. The number of quaternary nitrogens is 1. The number of nitrogens with zero attached hydrogens (tertiary/aromatic N) is 2. The lowest BCUT2D eigenvalue weighted by Crippen LogP contribution is -2.71. The summed E-state index contributed by atoms with van der Waals surface area (Å²) < 4.78 is 16.1. The molecule has 0 aliphatic heterocycles. The van der Waals surface area contributed by atoms with Crippen molar-refractivity contribution in [3.8, 4) is 11.1 Å². The minimum Gasteiger partial charge on any atom is -0.630 e. The van der Waals surface area contributed by atoms with Crippen LogP contribution in [-0.2, 0) is 6.54 Å². The second kappa shape index (κ2) is 6.21. The average molecular weight is 294 g/mol. The fourth-order valence-corrected chi connectivity index (χ4v) is 2.49. The summed E-state index contributed by atoms with van der Waals surface area (Å²) in [4.78, 5) is 0. The van der Waals surface area contributed by atoms with Crippen LogP contribution in [0.15, 0.2) is 24.5 Å². The van der Waals surface area contributed by atoms with E-state index in [-0.39, 0.29) is 16.9 Å². The minimum atomic E-state index is -0.580. The third kappa shape index (κ3) is 2.90. The van der Waals surface area contributed by atoms with Gasteiger partial charge < -0.3 is 21.9 Å². The lowest BCUT2D eigenvalue weighted by atomic mass is 9.85. The van der Waals surface area contributed by atoms with Crippen LogP contribution in [0.4, 0.5) is 15.8 Å². The maximum atomic E-state index is 14.2. The smallest absolute Gasteiger partial charge is 0.194 e. The summed E-state index contributed by atoms with van der Waals surface area (Å²) in [6.07, 6.45) is 7.21. The van der Waals surface area contributed by atoms with Crippen molar-refractivity contribution in [2.75, 3.05) is 5.73 Å². The Balaban J connectivity index is 0.00000161. The van der Waals surface area contributed by atoms with E-state index in [1.165, 1.54) is 19.3 Å². The summed E-state index contributed by atoms with van der Waals surface area (Å²) in [7, 11) is 0. The van der Waals surface area contributed by atoms with Crippen molar-refractivity contribution in [3.63, 3.8) is 0 Å². The van der Waals surface area contributed by atoms with Gasteiger partial charge in [0.05, 0.1) is 11.9 Å². The van der Waals surface area contributed by atoms with Crippen molar-refractivity contribution >= 4 is 11.4 Å². The first-order valence-electron chi connectivity index (χ1n) is 6.75. The molecule has 1 saturated carbocycles. The molecule has 1 heterocycles. The second-order valence-corrected chi connectivity index (χ2v) is 5.30. The van der Waals surface area contributed by atoms with E-state index in [1.54, 1.807) is 18.3 Å². The first-order chi connectivity index (χ1) is 9.69. The van der Waals surface area contributed by atoms with Crippen LogP contribution in [0.25, 0.3) is 11.1 Å². The molecule has 3 rings (SSSR count). The summed E-state index contributed by atoms with van der Waals surface area (Å²) in [5.41, 5.74) is 7.14. The molecule has 0 radical (unpaired) electrons. The molecule has 7 heteroatoms. The fraction of sp³-hybridized carbons (Fsp3) is 0.357. The molecule has 0 atom stereocenters. The van der Waals surface area contributed by atoms with E-state index < -0.39 is 5.82 Å². The number of rotatable bonds is 4. The van der Waals surface area contributed by atoms with Crippen LogP contribution < -0.4 is 11.2 Å². The molecule has 0 spiro atoms. The molecule has 6 N–H and O–H groups in total. The normalized spacial score (nSPS) is 14.6. The molecule has 0 unspecified atom stereocenters. The number of nitrogens with two attached hydrogens (primary N) is 2. The van der Waals surface area contributed by atoms with Crippen molar-refractivity contribution in [1.82, 2.24) is 9.78 Å². The van der Waals surface area contributed by atoms with Gasteiger partial charge in [0, 0.05) is 23.9 Å². The Kier molecular flexibility index (Phi) is 4.56. The molecule has 1 aromatic carbocycles. The van der Waals surface area contributed by atoms with E-state index in [1.807, 2.05) is 10.9 Å². The molecular weight excluding hydrogens is 275 g/mol. The highest BCUT2D eigenvalue weighted by molar-refractivity contribution is 5.72. The van der Waals surface area contributed by atoms with E-state index in [4.69, 9.17) is 5.73 Å². The van der Waals surface area contributed by atoms with Gasteiger partial charge in [0.25, 0.3) is 0 Å². The molecule has 0 amide bonds. The van der Waals surface area contributed by atoms with E-state index in [0.29, 0.717) is 22.5 Å². The highest BCUT2D eigenvalue weighted by atomic mass is 19.1. The monoisotopic (exact) mass is 294 g/mol. The molecule has 0 saturated heterocycles. The minimum absolute atomic E-state index is 0. The van der Waals surface area contributed by atoms with Gasteiger partial charge in [-0.05, 0) is 30.9 Å². The zero-order valence-electron chi connectivity index (χ0n) is 11.6. The molecule has 114 valence electrons. The van der Waals surface area contributed by atoms with Gasteiger partial charge in [0.15, 0.2) is 11.5 Å². The summed E-state index contributed by atoms with van der Waals surface area (Å²) in [5.74, 6) is 0.104. The average Bonchev–Trinajstić information content (AvgIpc) is 2.83. The number of aromatic nitrogens is 2. The first-order valence-corrected chi connectivity index (χ1v) is 6.75. The Hall–Kier alpha value is -1.96. The number of anilines is 1. The number of halogens is 1. The van der Waals surface area contributed by atoms with Gasteiger partial charge in [-0.3, -0.25) is 4.68 Å². The van der Waals surface area contributed by atoms with E-state index in [0.717, 1.165) is 6.54 Å². The van der Waals surface area contributed by atoms with Gasteiger partial charge in [-0.25, -0.2) is 0 Å². The molecule has 21 heavy (non-hydrogen) atoms. The third-order valence-electron chi connectivity index (χ3n) is 3.95. The molecule has 1 aliphatic rings. The van der Waals surface area contributed by atoms with Crippen molar-refractivity contribution in [3.05, 3.63) is 35.6 Å². The van der Waals surface area contributed by atoms with Crippen LogP contribution in [-0.4, -0.2) is 15.3 Å². The Morgan fingerprint density at radius 2 is 2.19 bits per heavy atom. The summed E-state index contributed by atoms with van der Waals surface area (Å²) in [6, 6.07) is 3.13. The number of benzene rings is 1. The topological polar surface area (TPSA) is 115 Å². The van der Waals surface area contributed by atoms with Crippen molar-refractivity contribution in [1.29, 1.82) is 0 Å². The quantitative estimate of drug-likeness (QED) is 0.645. The fourth-order valence-electron chi connectivity index (χ4n) is 2.49. The molecule has 0 bridgehead atoms. The first kappa shape index (κ1) is 15.4. The number of hydrogen-bond acceptors (Lipinski definition) is 3. The highest BCUT2D eigenvalue weighted by Crippen LogP contribution is 2.31. The predicted octanol–water partition coefficient (Wildman–Crippen LogP) is 0.939. The second-order valence-electron chi connectivity index (χ2n) is 5.30. The van der Waals surface area contributed by atoms with Crippen LogP contribution in [0.3, 0.4) is 0 Å². The molecule has 2 aromatic rings. The van der Waals surface area contributed by atoms with Gasteiger partial charge in [-0.1, -0.05) is 6.42 Å². The van der Waals surface area contributed by atoms with Crippen LogP contribution >= 0.6 is 0 Å². The van der Waals surface area contributed by atoms with Gasteiger partial charge in [-0.2, -0.15) is 9.49 Å². The van der Waals surface area contributed by atoms with Gasteiger partial charge in [0.1, 0.15) is 0 Å². The van der Waals surface area contributed by atoms with Gasteiger partial charge in [-0.15, -0.1) is 0 Å². The molecule has 6 nitrogen and oxygen atoms in total. The predicted molar refractivity (Wildman–Crippen MR) is 77.9 cm³/mol. The molecule has 1 fully saturated rings. The van der Waals surface area contributed by atoms with Gasteiger partial charge >= 0.3 is 0 Å². The van der Waals surface area contributed by atoms with Crippen molar-refractivity contribution in [2.24, 2.45) is 5.92 Å². The lowest BCUT2D eigenvalue weighted by Gasteiger charge is -2.24. The molecule has 1 aliphatic carbocycles. The van der Waals surface area contributed by atoms with Crippen LogP contribution in [0.2, 0.25) is 0 Å². The summed E-state index contributed by atoms with van der Waals surface area (Å²) in [6.45, 7) is 0.872. The Morgan fingerprint density at radius 1 is 1.43 bits per heavy atom. The summed E-state index contributed by atoms with van der Waals surface area (Å²) in [5, 5.41) is 15.2. The van der Waals surface area contributed by atoms with E-state index >= 15 is 0 Å². The van der Waals surface area contributed by atoms with Crippen molar-refractivity contribution < 1.29 is 15.3 Å².